The van der Waals surface area contributed by atoms with Gasteiger partial charge in [0.05, 0.1) is 0 Å². The van der Waals surface area contributed by atoms with Gasteiger partial charge in [-0.05, 0) is 17.7 Å². The third kappa shape index (κ3) is 4.07. The van der Waals surface area contributed by atoms with Gasteiger partial charge < -0.3 is 14.6 Å². The van der Waals surface area contributed by atoms with Gasteiger partial charge in [-0.25, -0.2) is 0 Å². The summed E-state index contributed by atoms with van der Waals surface area (Å²) < 4.78 is 47.7. The summed E-state index contributed by atoms with van der Waals surface area (Å²) in [5.41, 5.74) is 1.08. The largest absolute Gasteiger partial charge is 0.454 e. The monoisotopic (exact) mass is 332 g/mol. The number of piperazine rings is 1. The Bertz CT molecular complexity index is 545. The van der Waals surface area contributed by atoms with E-state index in [0.29, 0.717) is 32.7 Å². The molecule has 1 aromatic rings. The Balaban J connectivity index is 1.48. The number of alkyl halides is 3. The van der Waals surface area contributed by atoms with Crippen molar-refractivity contribution in [2.45, 2.75) is 18.8 Å². The van der Waals surface area contributed by atoms with Crippen LogP contribution in [0.5, 0.6) is 11.5 Å². The molecule has 8 heteroatoms. The summed E-state index contributed by atoms with van der Waals surface area (Å²) >= 11 is 0. The predicted molar refractivity (Wildman–Crippen MR) is 76.3 cm³/mol. The Kier molecular flexibility index (Phi) is 4.65. The minimum Gasteiger partial charge on any atom is -0.454 e. The number of rotatable bonds is 4. The quantitative estimate of drug-likeness (QED) is 0.904. The van der Waals surface area contributed by atoms with E-state index in [4.69, 9.17) is 14.6 Å². The molecule has 128 valence electrons. The van der Waals surface area contributed by atoms with Crippen LogP contribution in [0.3, 0.4) is 0 Å². The molecule has 23 heavy (non-hydrogen) atoms. The first kappa shape index (κ1) is 16.4. The highest BCUT2D eigenvalue weighted by Gasteiger charge is 2.39. The van der Waals surface area contributed by atoms with E-state index in [0.717, 1.165) is 17.1 Å². The molecule has 0 aromatic heterocycles. The highest BCUT2D eigenvalue weighted by atomic mass is 19.4. The Morgan fingerprint density at radius 2 is 1.70 bits per heavy atom. The van der Waals surface area contributed by atoms with E-state index in [1.165, 1.54) is 0 Å². The van der Waals surface area contributed by atoms with Gasteiger partial charge in [-0.3, -0.25) is 9.80 Å². The summed E-state index contributed by atoms with van der Waals surface area (Å²) in [4.78, 5) is 3.82. The molecule has 0 spiro atoms. The van der Waals surface area contributed by atoms with Crippen LogP contribution in [-0.2, 0) is 6.54 Å². The Hall–Kier alpha value is -1.51. The lowest BCUT2D eigenvalue weighted by Crippen LogP contribution is -2.50. The molecule has 3 rings (SSSR count). The van der Waals surface area contributed by atoms with Crippen molar-refractivity contribution in [2.24, 2.45) is 0 Å². The van der Waals surface area contributed by atoms with E-state index >= 15 is 0 Å². The van der Waals surface area contributed by atoms with Crippen molar-refractivity contribution in [2.75, 3.05) is 39.5 Å². The Morgan fingerprint density at radius 1 is 1.04 bits per heavy atom. The van der Waals surface area contributed by atoms with Gasteiger partial charge in [0, 0.05) is 39.3 Å². The van der Waals surface area contributed by atoms with Crippen molar-refractivity contribution in [1.29, 1.82) is 0 Å². The van der Waals surface area contributed by atoms with Gasteiger partial charge in [-0.2, -0.15) is 13.2 Å². The summed E-state index contributed by atoms with van der Waals surface area (Å²) in [7, 11) is 0. The number of ether oxygens (including phenoxy) is 2. The molecule has 1 aromatic carbocycles. The van der Waals surface area contributed by atoms with E-state index in [2.05, 4.69) is 4.90 Å². The molecule has 0 radical (unpaired) electrons. The average molecular weight is 332 g/mol. The van der Waals surface area contributed by atoms with Gasteiger partial charge in [0.1, 0.15) is 0 Å². The lowest BCUT2D eigenvalue weighted by Gasteiger charge is -2.35. The zero-order valence-electron chi connectivity index (χ0n) is 12.6. The minimum atomic E-state index is -4.55. The number of aliphatic hydroxyl groups is 1. The maximum atomic E-state index is 12.4. The number of halogens is 3. The molecule has 5 nitrogen and oxygen atoms in total. The van der Waals surface area contributed by atoms with Crippen LogP contribution in [0.25, 0.3) is 0 Å². The SMILES string of the molecule is O[C@H](CN1CCN(Cc2ccc3c(c2)OCO3)CC1)C(F)(F)F. The molecule has 2 aliphatic heterocycles. The minimum absolute atomic E-state index is 0.235. The van der Waals surface area contributed by atoms with Crippen molar-refractivity contribution in [3.05, 3.63) is 23.8 Å². The average Bonchev–Trinajstić information content (AvgIpc) is 2.96. The van der Waals surface area contributed by atoms with E-state index in [9.17, 15) is 13.2 Å². The van der Waals surface area contributed by atoms with Crippen LogP contribution in [0.2, 0.25) is 0 Å². The van der Waals surface area contributed by atoms with Gasteiger partial charge in [-0.15, -0.1) is 0 Å². The van der Waals surface area contributed by atoms with Crippen LogP contribution >= 0.6 is 0 Å². The van der Waals surface area contributed by atoms with Crippen molar-refractivity contribution < 1.29 is 27.8 Å². The van der Waals surface area contributed by atoms with E-state index in [-0.39, 0.29) is 13.3 Å². The molecule has 1 saturated heterocycles. The Morgan fingerprint density at radius 3 is 2.39 bits per heavy atom. The van der Waals surface area contributed by atoms with E-state index < -0.39 is 12.3 Å². The number of aliphatic hydroxyl groups excluding tert-OH is 1. The molecule has 1 fully saturated rings. The smallest absolute Gasteiger partial charge is 0.415 e. The molecular weight excluding hydrogens is 313 g/mol. The lowest BCUT2D eigenvalue weighted by molar-refractivity contribution is -0.209. The first-order valence-corrected chi connectivity index (χ1v) is 7.50. The van der Waals surface area contributed by atoms with Crippen molar-refractivity contribution >= 4 is 0 Å². The number of hydrogen-bond donors (Lipinski definition) is 1. The molecule has 2 aliphatic rings. The maximum Gasteiger partial charge on any atom is 0.415 e. The highest BCUT2D eigenvalue weighted by molar-refractivity contribution is 5.44. The number of fused-ring (bicyclic) bond motifs is 1. The summed E-state index contributed by atoms with van der Waals surface area (Å²) in [5, 5.41) is 9.12. The van der Waals surface area contributed by atoms with Crippen LogP contribution in [0.1, 0.15) is 5.56 Å². The molecule has 0 aliphatic carbocycles. The second kappa shape index (κ2) is 6.54. The first-order valence-electron chi connectivity index (χ1n) is 7.50. The van der Waals surface area contributed by atoms with E-state index in [1.807, 2.05) is 18.2 Å². The number of β-amino-alcohol motifs (C(OH)–C–C–N with tert-alkyl or cyclic N) is 1. The summed E-state index contributed by atoms with van der Waals surface area (Å²) in [5.74, 6) is 1.47. The maximum absolute atomic E-state index is 12.4. The fourth-order valence-corrected chi connectivity index (χ4v) is 2.78. The van der Waals surface area contributed by atoms with Gasteiger partial charge in [0.15, 0.2) is 17.6 Å². The molecule has 1 atom stereocenters. The zero-order chi connectivity index (χ0) is 16.4. The Labute approximate surface area is 132 Å². The van der Waals surface area contributed by atoms with Crippen LogP contribution < -0.4 is 9.47 Å². The third-order valence-electron chi connectivity index (χ3n) is 4.12. The van der Waals surface area contributed by atoms with Crippen LogP contribution in [0, 0.1) is 0 Å². The van der Waals surface area contributed by atoms with Gasteiger partial charge in [0.25, 0.3) is 0 Å². The van der Waals surface area contributed by atoms with Crippen molar-refractivity contribution in [3.63, 3.8) is 0 Å². The summed E-state index contributed by atoms with van der Waals surface area (Å²) in [6.45, 7) is 2.94. The molecule has 0 saturated carbocycles. The fraction of sp³-hybridized carbons (Fsp3) is 0.600. The second-order valence-corrected chi connectivity index (χ2v) is 5.82. The highest BCUT2D eigenvalue weighted by Crippen LogP contribution is 2.32. The third-order valence-corrected chi connectivity index (χ3v) is 4.12. The normalized spacial score (nSPS) is 20.7. The van der Waals surface area contributed by atoms with Gasteiger partial charge in [0.2, 0.25) is 6.79 Å². The number of benzene rings is 1. The van der Waals surface area contributed by atoms with Gasteiger partial charge >= 0.3 is 6.18 Å². The molecule has 0 unspecified atom stereocenters. The van der Waals surface area contributed by atoms with Gasteiger partial charge in [-0.1, -0.05) is 6.07 Å². The molecule has 0 amide bonds. The lowest BCUT2D eigenvalue weighted by atomic mass is 10.1. The fourth-order valence-electron chi connectivity index (χ4n) is 2.78. The summed E-state index contributed by atoms with van der Waals surface area (Å²) in [6.07, 6.45) is -6.83. The van der Waals surface area contributed by atoms with Crippen molar-refractivity contribution in [3.8, 4) is 11.5 Å². The number of nitrogens with zero attached hydrogens (tertiary/aromatic N) is 2. The second-order valence-electron chi connectivity index (χ2n) is 5.82. The van der Waals surface area contributed by atoms with Crippen LogP contribution in [-0.4, -0.2) is 66.7 Å². The topological polar surface area (TPSA) is 45.2 Å². The number of hydrogen-bond acceptors (Lipinski definition) is 5. The predicted octanol–water partition coefficient (Wildman–Crippen LogP) is 1.46. The first-order chi connectivity index (χ1) is 10.9. The van der Waals surface area contributed by atoms with Crippen LogP contribution in [0.4, 0.5) is 13.2 Å². The zero-order valence-corrected chi connectivity index (χ0v) is 12.6. The van der Waals surface area contributed by atoms with Crippen molar-refractivity contribution in [1.82, 2.24) is 9.80 Å². The molecule has 2 heterocycles. The molecular formula is C15H19F3N2O3. The van der Waals surface area contributed by atoms with Crippen LogP contribution in [0.15, 0.2) is 18.2 Å². The molecule has 0 bridgehead atoms. The molecule has 1 N–H and O–H groups in total. The summed E-state index contributed by atoms with van der Waals surface area (Å²) in [6, 6.07) is 5.77. The van der Waals surface area contributed by atoms with E-state index in [1.54, 1.807) is 4.90 Å². The standard InChI is InChI=1S/C15H19F3N2O3/c16-15(17,18)14(21)9-20-5-3-19(4-6-20)8-11-1-2-12-13(7-11)23-10-22-12/h1-2,7,14,21H,3-6,8-10H2/t14-/m1/s1.